The lowest BCUT2D eigenvalue weighted by atomic mass is 10.1. The second kappa shape index (κ2) is 14.2. The molecule has 0 aromatic rings. The van der Waals surface area contributed by atoms with E-state index in [4.69, 9.17) is 22.3 Å². The predicted molar refractivity (Wildman–Crippen MR) is 107 cm³/mol. The number of carboxylic acid groups (broad SMARTS) is 1. The maximum atomic E-state index is 12.5. The second-order valence-electron chi connectivity index (χ2n) is 6.93. The Balaban J connectivity index is 5.26. The highest BCUT2D eigenvalue weighted by atomic mass is 16.4. The van der Waals surface area contributed by atoms with Crippen LogP contribution in [-0.2, 0) is 24.0 Å². The first-order valence-electron chi connectivity index (χ1n) is 9.61. The molecule has 178 valence electrons. The molecule has 0 aliphatic heterocycles. The molecule has 0 aliphatic carbocycles. The summed E-state index contributed by atoms with van der Waals surface area (Å²) < 4.78 is 0. The Morgan fingerprint density at radius 1 is 0.935 bits per heavy atom. The zero-order valence-corrected chi connectivity index (χ0v) is 17.2. The molecule has 0 aliphatic rings. The number of unbranched alkanes of at least 4 members (excludes halogenated alkanes) is 1. The van der Waals surface area contributed by atoms with Crippen LogP contribution in [0, 0.1) is 0 Å². The number of aliphatic carboxylic acids is 1. The van der Waals surface area contributed by atoms with Gasteiger partial charge in [0.25, 0.3) is 0 Å². The second-order valence-corrected chi connectivity index (χ2v) is 6.93. The average Bonchev–Trinajstić information content (AvgIpc) is 2.67. The number of rotatable bonds is 15. The van der Waals surface area contributed by atoms with Crippen molar-refractivity contribution in [1.82, 2.24) is 16.0 Å². The molecular formula is C17H32N6O8. The first-order valence-corrected chi connectivity index (χ1v) is 9.61. The maximum absolute atomic E-state index is 12.5. The van der Waals surface area contributed by atoms with Crippen LogP contribution in [0.2, 0.25) is 0 Å². The minimum atomic E-state index is -1.61. The molecule has 0 saturated heterocycles. The molecule has 0 fully saturated rings. The van der Waals surface area contributed by atoms with Gasteiger partial charge in [-0.3, -0.25) is 19.2 Å². The molecule has 12 N–H and O–H groups in total. The molecule has 31 heavy (non-hydrogen) atoms. The molecule has 0 bridgehead atoms. The average molecular weight is 448 g/mol. The summed E-state index contributed by atoms with van der Waals surface area (Å²) in [6.07, 6.45) is -0.889. The van der Waals surface area contributed by atoms with Crippen LogP contribution in [0.15, 0.2) is 0 Å². The Morgan fingerprint density at radius 2 is 1.48 bits per heavy atom. The van der Waals surface area contributed by atoms with Crippen LogP contribution in [0.25, 0.3) is 0 Å². The van der Waals surface area contributed by atoms with Crippen LogP contribution < -0.4 is 33.2 Å². The Morgan fingerprint density at radius 3 is 1.94 bits per heavy atom. The van der Waals surface area contributed by atoms with E-state index in [1.807, 2.05) is 0 Å². The van der Waals surface area contributed by atoms with Gasteiger partial charge in [0.2, 0.25) is 23.6 Å². The van der Waals surface area contributed by atoms with E-state index in [0.29, 0.717) is 19.4 Å². The van der Waals surface area contributed by atoms with Gasteiger partial charge >= 0.3 is 5.97 Å². The number of carbonyl (C=O) groups is 5. The summed E-state index contributed by atoms with van der Waals surface area (Å²) in [5.41, 5.74) is 15.9. The van der Waals surface area contributed by atoms with Crippen LogP contribution in [-0.4, -0.2) is 88.3 Å². The van der Waals surface area contributed by atoms with Gasteiger partial charge in [0.1, 0.15) is 12.1 Å². The number of carbonyl (C=O) groups excluding carboxylic acids is 4. The number of aliphatic hydroxyl groups excluding tert-OH is 2. The normalized spacial score (nSPS) is 15.6. The Bertz CT molecular complexity index is 644. The van der Waals surface area contributed by atoms with Gasteiger partial charge in [0.15, 0.2) is 6.04 Å². The van der Waals surface area contributed by atoms with Crippen LogP contribution in [0.4, 0.5) is 0 Å². The van der Waals surface area contributed by atoms with Crippen LogP contribution in [0.1, 0.15) is 32.6 Å². The molecular weight excluding hydrogens is 416 g/mol. The van der Waals surface area contributed by atoms with Crippen molar-refractivity contribution in [3.63, 3.8) is 0 Å². The first-order chi connectivity index (χ1) is 14.4. The van der Waals surface area contributed by atoms with Gasteiger partial charge in [0.05, 0.1) is 25.2 Å². The van der Waals surface area contributed by atoms with Crippen molar-refractivity contribution in [2.75, 3.05) is 13.2 Å². The van der Waals surface area contributed by atoms with E-state index in [1.54, 1.807) is 0 Å². The minimum Gasteiger partial charge on any atom is -0.480 e. The van der Waals surface area contributed by atoms with Crippen molar-refractivity contribution in [2.45, 2.75) is 62.9 Å². The lowest BCUT2D eigenvalue weighted by Gasteiger charge is -2.25. The van der Waals surface area contributed by atoms with E-state index in [-0.39, 0.29) is 6.42 Å². The van der Waals surface area contributed by atoms with E-state index in [9.17, 15) is 34.2 Å². The van der Waals surface area contributed by atoms with E-state index in [2.05, 4.69) is 16.0 Å². The quantitative estimate of drug-likeness (QED) is 0.108. The van der Waals surface area contributed by atoms with E-state index in [0.717, 1.165) is 0 Å². The summed E-state index contributed by atoms with van der Waals surface area (Å²) >= 11 is 0. The van der Waals surface area contributed by atoms with Crippen LogP contribution in [0.5, 0.6) is 0 Å². The summed E-state index contributed by atoms with van der Waals surface area (Å²) in [6.45, 7) is 0.651. The van der Waals surface area contributed by atoms with Crippen molar-refractivity contribution in [3.05, 3.63) is 0 Å². The fraction of sp³-hybridized carbons (Fsp3) is 0.706. The summed E-state index contributed by atoms with van der Waals surface area (Å²) in [7, 11) is 0. The third kappa shape index (κ3) is 10.7. The third-order valence-electron chi connectivity index (χ3n) is 4.20. The monoisotopic (exact) mass is 448 g/mol. The van der Waals surface area contributed by atoms with Gasteiger partial charge in [-0.05, 0) is 32.7 Å². The number of nitrogens with one attached hydrogen (secondary N) is 3. The molecule has 0 spiro atoms. The largest absolute Gasteiger partial charge is 0.480 e. The standard InChI is InChI=1S/C17H32N6O8/c1-8(25)13(17(30)31)23-15(28)10(4-2-3-5-18)21-16(29)11(7-24)22-14(27)9(19)6-12(20)26/h8-11,13,24-25H,2-7,18-19H2,1H3,(H2,20,26)(H,21,29)(H,22,27)(H,23,28)(H,30,31). The van der Waals surface area contributed by atoms with Gasteiger partial charge in [0, 0.05) is 0 Å². The highest BCUT2D eigenvalue weighted by Gasteiger charge is 2.31. The number of aliphatic hydroxyl groups is 2. The van der Waals surface area contributed by atoms with Crippen molar-refractivity contribution < 1.29 is 39.3 Å². The minimum absolute atomic E-state index is 0.0776. The Hall–Kier alpha value is -2.81. The lowest BCUT2D eigenvalue weighted by molar-refractivity contribution is -0.145. The third-order valence-corrected chi connectivity index (χ3v) is 4.20. The van der Waals surface area contributed by atoms with Gasteiger partial charge in [-0.15, -0.1) is 0 Å². The molecule has 0 saturated carbocycles. The molecule has 14 heteroatoms. The molecule has 0 aromatic carbocycles. The molecule has 5 atom stereocenters. The van der Waals surface area contributed by atoms with E-state index < -0.39 is 72.9 Å². The molecule has 14 nitrogen and oxygen atoms in total. The fourth-order valence-electron chi connectivity index (χ4n) is 2.46. The topological polar surface area (TPSA) is 260 Å². The predicted octanol–water partition coefficient (Wildman–Crippen LogP) is -4.77. The fourth-order valence-corrected chi connectivity index (χ4v) is 2.46. The lowest BCUT2D eigenvalue weighted by Crippen LogP contribution is -2.59. The first kappa shape index (κ1) is 28.2. The maximum Gasteiger partial charge on any atom is 0.328 e. The summed E-state index contributed by atoms with van der Waals surface area (Å²) in [5, 5.41) is 34.7. The molecule has 0 radical (unpaired) electrons. The number of nitrogens with two attached hydrogens (primary N) is 3. The Kier molecular flexibility index (Phi) is 12.9. The number of primary amides is 1. The van der Waals surface area contributed by atoms with Gasteiger partial charge in [-0.25, -0.2) is 4.79 Å². The zero-order chi connectivity index (χ0) is 24.1. The summed E-state index contributed by atoms with van der Waals surface area (Å²) in [4.78, 5) is 59.0. The Labute approximate surface area is 178 Å². The van der Waals surface area contributed by atoms with Crippen molar-refractivity contribution in [1.29, 1.82) is 0 Å². The van der Waals surface area contributed by atoms with E-state index >= 15 is 0 Å². The SMILES string of the molecule is CC(O)C(NC(=O)C(CCCCN)NC(=O)C(CO)NC(=O)C(N)CC(N)=O)C(=O)O. The summed E-state index contributed by atoms with van der Waals surface area (Å²) in [5.74, 6) is -5.06. The molecule has 0 rings (SSSR count). The smallest absolute Gasteiger partial charge is 0.328 e. The van der Waals surface area contributed by atoms with Gasteiger partial charge < -0.3 is 48.5 Å². The van der Waals surface area contributed by atoms with E-state index in [1.165, 1.54) is 6.92 Å². The number of hydrogen-bond acceptors (Lipinski definition) is 9. The number of carboxylic acids is 1. The van der Waals surface area contributed by atoms with Gasteiger partial charge in [-0.1, -0.05) is 0 Å². The van der Waals surface area contributed by atoms with Crippen molar-refractivity contribution >= 4 is 29.6 Å². The number of amides is 4. The van der Waals surface area contributed by atoms with Crippen LogP contribution >= 0.6 is 0 Å². The van der Waals surface area contributed by atoms with Crippen LogP contribution in [0.3, 0.4) is 0 Å². The zero-order valence-electron chi connectivity index (χ0n) is 17.2. The molecule has 5 unspecified atom stereocenters. The van der Waals surface area contributed by atoms with Crippen molar-refractivity contribution in [3.8, 4) is 0 Å². The summed E-state index contributed by atoms with van der Waals surface area (Å²) in [6, 6.07) is -5.68. The number of hydrogen-bond donors (Lipinski definition) is 9. The molecule has 0 heterocycles. The molecule has 0 aromatic heterocycles. The van der Waals surface area contributed by atoms with Gasteiger partial charge in [-0.2, -0.15) is 0 Å². The highest BCUT2D eigenvalue weighted by Crippen LogP contribution is 2.04. The highest BCUT2D eigenvalue weighted by molar-refractivity contribution is 5.95. The molecule has 4 amide bonds. The van der Waals surface area contributed by atoms with Crippen molar-refractivity contribution in [2.24, 2.45) is 17.2 Å².